The standard InChI is InChI=1S/C20H22N4O4/c1-3-21-19(26)20(27)24-22-12-15-6-4-5-7-17(15)28-13-18(25)23-16-10-8-14(2)9-11-16/h4-12H,3,13H2,1-2H3,(H,21,26)(H,23,25)(H,24,27)/b22-12-. The smallest absolute Gasteiger partial charge is 0.329 e. The maximum atomic E-state index is 12.1. The lowest BCUT2D eigenvalue weighted by Crippen LogP contribution is -2.37. The van der Waals surface area contributed by atoms with Gasteiger partial charge in [-0.3, -0.25) is 14.4 Å². The van der Waals surface area contributed by atoms with Gasteiger partial charge in [0, 0.05) is 17.8 Å². The molecule has 0 saturated heterocycles. The van der Waals surface area contributed by atoms with Gasteiger partial charge < -0.3 is 15.4 Å². The topological polar surface area (TPSA) is 109 Å². The van der Waals surface area contributed by atoms with Gasteiger partial charge in [0.2, 0.25) is 0 Å². The molecular formula is C20H22N4O4. The molecule has 0 aliphatic heterocycles. The van der Waals surface area contributed by atoms with Gasteiger partial charge in [-0.05, 0) is 38.1 Å². The van der Waals surface area contributed by atoms with Gasteiger partial charge in [-0.15, -0.1) is 0 Å². The molecule has 0 heterocycles. The third-order valence-electron chi connectivity index (χ3n) is 3.53. The second-order valence-corrected chi connectivity index (χ2v) is 5.80. The van der Waals surface area contributed by atoms with E-state index < -0.39 is 11.8 Å². The summed E-state index contributed by atoms with van der Waals surface area (Å²) >= 11 is 0. The molecule has 0 fully saturated rings. The highest BCUT2D eigenvalue weighted by atomic mass is 16.5. The third-order valence-corrected chi connectivity index (χ3v) is 3.53. The summed E-state index contributed by atoms with van der Waals surface area (Å²) in [5.74, 6) is -1.52. The first-order valence-electron chi connectivity index (χ1n) is 8.69. The number of hydrogen-bond donors (Lipinski definition) is 3. The summed E-state index contributed by atoms with van der Waals surface area (Å²) in [5.41, 5.74) is 4.45. The molecule has 2 aromatic rings. The average Bonchev–Trinajstić information content (AvgIpc) is 2.69. The molecule has 2 rings (SSSR count). The normalized spacial score (nSPS) is 10.4. The second-order valence-electron chi connectivity index (χ2n) is 5.80. The SMILES string of the molecule is CCNC(=O)C(=O)N/N=C\c1ccccc1OCC(=O)Nc1ccc(C)cc1. The number of carbonyl (C=O) groups is 3. The van der Waals surface area contributed by atoms with Gasteiger partial charge in [0.25, 0.3) is 5.91 Å². The van der Waals surface area contributed by atoms with Crippen molar-refractivity contribution in [1.82, 2.24) is 10.7 Å². The van der Waals surface area contributed by atoms with Crippen LogP contribution in [0.15, 0.2) is 53.6 Å². The van der Waals surface area contributed by atoms with Gasteiger partial charge in [-0.2, -0.15) is 5.10 Å². The van der Waals surface area contributed by atoms with Crippen molar-refractivity contribution in [2.75, 3.05) is 18.5 Å². The Kier molecular flexibility index (Phi) is 7.71. The highest BCUT2D eigenvalue weighted by Gasteiger charge is 2.10. The van der Waals surface area contributed by atoms with Gasteiger partial charge in [0.05, 0.1) is 6.21 Å². The number of nitrogens with zero attached hydrogens (tertiary/aromatic N) is 1. The van der Waals surface area contributed by atoms with Crippen LogP contribution in [-0.2, 0) is 14.4 Å². The fraction of sp³-hybridized carbons (Fsp3) is 0.200. The molecule has 0 saturated carbocycles. The number of amides is 3. The molecule has 0 bridgehead atoms. The summed E-state index contributed by atoms with van der Waals surface area (Å²) in [6.45, 7) is 3.82. The molecule has 8 nitrogen and oxygen atoms in total. The summed E-state index contributed by atoms with van der Waals surface area (Å²) in [6.07, 6.45) is 1.34. The Balaban J connectivity index is 1.91. The van der Waals surface area contributed by atoms with E-state index in [9.17, 15) is 14.4 Å². The summed E-state index contributed by atoms with van der Waals surface area (Å²) < 4.78 is 5.54. The van der Waals surface area contributed by atoms with Crippen LogP contribution in [0.1, 0.15) is 18.1 Å². The van der Waals surface area contributed by atoms with Crippen LogP contribution in [0.5, 0.6) is 5.75 Å². The summed E-state index contributed by atoms with van der Waals surface area (Å²) in [4.78, 5) is 34.9. The largest absolute Gasteiger partial charge is 0.483 e. The van der Waals surface area contributed by atoms with Crippen LogP contribution in [0, 0.1) is 6.92 Å². The van der Waals surface area contributed by atoms with Crippen molar-refractivity contribution in [2.24, 2.45) is 5.10 Å². The zero-order valence-electron chi connectivity index (χ0n) is 15.7. The Hall–Kier alpha value is -3.68. The number of rotatable bonds is 7. The number of aryl methyl sites for hydroxylation is 1. The van der Waals surface area contributed by atoms with Crippen molar-refractivity contribution >= 4 is 29.6 Å². The number of likely N-dealkylation sites (N-methyl/N-ethyl adjacent to an activating group) is 1. The van der Waals surface area contributed by atoms with E-state index in [0.717, 1.165) is 5.56 Å². The van der Waals surface area contributed by atoms with Gasteiger partial charge in [0.1, 0.15) is 5.75 Å². The minimum Gasteiger partial charge on any atom is -0.483 e. The number of carbonyl (C=O) groups excluding carboxylic acids is 3. The molecule has 0 unspecified atom stereocenters. The summed E-state index contributed by atoms with van der Waals surface area (Å²) in [5, 5.41) is 8.85. The molecular weight excluding hydrogens is 360 g/mol. The molecule has 3 amide bonds. The van der Waals surface area contributed by atoms with Crippen LogP contribution < -0.4 is 20.8 Å². The maximum Gasteiger partial charge on any atom is 0.329 e. The van der Waals surface area contributed by atoms with Crippen LogP contribution in [0.4, 0.5) is 5.69 Å². The monoisotopic (exact) mass is 382 g/mol. The predicted octanol–water partition coefficient (Wildman–Crippen LogP) is 1.60. The van der Waals surface area contributed by atoms with Crippen LogP contribution in [0.3, 0.4) is 0 Å². The Labute approximate surface area is 163 Å². The quantitative estimate of drug-likeness (QED) is 0.384. The lowest BCUT2D eigenvalue weighted by Gasteiger charge is -2.09. The van der Waals surface area contributed by atoms with Crippen molar-refractivity contribution in [2.45, 2.75) is 13.8 Å². The van der Waals surface area contributed by atoms with E-state index in [2.05, 4.69) is 21.2 Å². The third kappa shape index (κ3) is 6.56. The van der Waals surface area contributed by atoms with E-state index in [0.29, 0.717) is 23.5 Å². The first-order chi connectivity index (χ1) is 13.5. The van der Waals surface area contributed by atoms with Gasteiger partial charge in [-0.25, -0.2) is 5.43 Å². The minimum atomic E-state index is -0.867. The number of para-hydroxylation sites is 1. The summed E-state index contributed by atoms with van der Waals surface area (Å²) in [6, 6.07) is 14.3. The number of hydrazone groups is 1. The first-order valence-corrected chi connectivity index (χ1v) is 8.69. The van der Waals surface area contributed by atoms with E-state index in [1.54, 1.807) is 31.2 Å². The molecule has 0 atom stereocenters. The van der Waals surface area contributed by atoms with Crippen LogP contribution in [0.2, 0.25) is 0 Å². The van der Waals surface area contributed by atoms with Gasteiger partial charge >= 0.3 is 11.8 Å². The highest BCUT2D eigenvalue weighted by molar-refractivity contribution is 6.35. The Morgan fingerprint density at radius 1 is 1.04 bits per heavy atom. The van der Waals surface area contributed by atoms with E-state index in [-0.39, 0.29) is 12.5 Å². The highest BCUT2D eigenvalue weighted by Crippen LogP contribution is 2.16. The molecule has 0 aromatic heterocycles. The number of ether oxygens (including phenoxy) is 1. The molecule has 0 spiro atoms. The Morgan fingerprint density at radius 3 is 2.46 bits per heavy atom. The van der Waals surface area contributed by atoms with Crippen molar-refractivity contribution in [3.05, 3.63) is 59.7 Å². The van der Waals surface area contributed by atoms with Crippen molar-refractivity contribution < 1.29 is 19.1 Å². The Morgan fingerprint density at radius 2 is 1.75 bits per heavy atom. The molecule has 2 aromatic carbocycles. The first kappa shape index (κ1) is 20.6. The zero-order valence-corrected chi connectivity index (χ0v) is 15.7. The van der Waals surface area contributed by atoms with Crippen molar-refractivity contribution in [1.29, 1.82) is 0 Å². The molecule has 0 aliphatic rings. The molecule has 8 heteroatoms. The van der Waals surface area contributed by atoms with Crippen LogP contribution in [0.25, 0.3) is 0 Å². The van der Waals surface area contributed by atoms with Crippen molar-refractivity contribution in [3.63, 3.8) is 0 Å². The predicted molar refractivity (Wildman–Crippen MR) is 106 cm³/mol. The summed E-state index contributed by atoms with van der Waals surface area (Å²) in [7, 11) is 0. The average molecular weight is 382 g/mol. The zero-order chi connectivity index (χ0) is 20.4. The van der Waals surface area contributed by atoms with E-state index in [1.165, 1.54) is 6.21 Å². The van der Waals surface area contributed by atoms with E-state index in [4.69, 9.17) is 4.74 Å². The van der Waals surface area contributed by atoms with E-state index in [1.807, 2.05) is 31.2 Å². The molecule has 3 N–H and O–H groups in total. The fourth-order valence-electron chi connectivity index (χ4n) is 2.15. The molecule has 28 heavy (non-hydrogen) atoms. The number of nitrogens with one attached hydrogen (secondary N) is 3. The van der Waals surface area contributed by atoms with Crippen LogP contribution >= 0.6 is 0 Å². The van der Waals surface area contributed by atoms with Gasteiger partial charge in [-0.1, -0.05) is 29.8 Å². The second kappa shape index (κ2) is 10.5. The van der Waals surface area contributed by atoms with Crippen molar-refractivity contribution in [3.8, 4) is 5.75 Å². The fourth-order valence-corrected chi connectivity index (χ4v) is 2.15. The van der Waals surface area contributed by atoms with Gasteiger partial charge in [0.15, 0.2) is 6.61 Å². The number of anilines is 1. The number of hydrogen-bond acceptors (Lipinski definition) is 5. The minimum absolute atomic E-state index is 0.190. The molecule has 0 radical (unpaired) electrons. The Bertz CT molecular complexity index is 863. The lowest BCUT2D eigenvalue weighted by molar-refractivity contribution is -0.139. The number of benzene rings is 2. The lowest BCUT2D eigenvalue weighted by atomic mass is 10.2. The molecule has 146 valence electrons. The maximum absolute atomic E-state index is 12.1. The van der Waals surface area contributed by atoms with E-state index >= 15 is 0 Å². The molecule has 0 aliphatic carbocycles. The van der Waals surface area contributed by atoms with Crippen LogP contribution in [-0.4, -0.2) is 37.1 Å².